The zero-order valence-electron chi connectivity index (χ0n) is 14.3. The molecule has 1 fully saturated rings. The number of hydrogen-bond acceptors (Lipinski definition) is 3. The summed E-state index contributed by atoms with van der Waals surface area (Å²) in [7, 11) is 1.58. The Hall–Kier alpha value is -2.60. The van der Waals surface area contributed by atoms with Crippen LogP contribution in [0.1, 0.15) is 15.9 Å². The van der Waals surface area contributed by atoms with Gasteiger partial charge < -0.3 is 15.0 Å². The molecule has 1 aliphatic heterocycles. The molecule has 2 amide bonds. The topological polar surface area (TPSA) is 58.6 Å². The normalized spacial score (nSPS) is 14.2. The Balaban J connectivity index is 1.46. The lowest BCUT2D eigenvalue weighted by atomic mass is 10.1. The molecule has 1 N–H and O–H groups in total. The average molecular weight is 415 g/mol. The molecule has 2 aromatic carbocycles. The molecular formula is C20H19BrN2O3. The summed E-state index contributed by atoms with van der Waals surface area (Å²) in [6.07, 6.45) is 3.35. The van der Waals surface area contributed by atoms with E-state index in [1.165, 1.54) is 0 Å². The number of methoxy groups -OCH3 is 1. The van der Waals surface area contributed by atoms with Crippen LogP contribution in [0, 0.1) is 0 Å². The molecule has 0 atom stereocenters. The van der Waals surface area contributed by atoms with Gasteiger partial charge >= 0.3 is 0 Å². The molecule has 0 radical (unpaired) electrons. The standard InChI is InChI=1S/C20H19BrN2O3/c1-26-18-9-5-15(6-10-18)20(25)22-17-12-23(13-17)19(24)11-4-14-2-7-16(21)8-3-14/h2-11,17H,12-13H2,1H3,(H,22,25)/b11-4+. The number of nitrogens with zero attached hydrogens (tertiary/aromatic N) is 1. The summed E-state index contributed by atoms with van der Waals surface area (Å²) in [4.78, 5) is 26.0. The smallest absolute Gasteiger partial charge is 0.251 e. The Labute approximate surface area is 160 Å². The summed E-state index contributed by atoms with van der Waals surface area (Å²) in [6.45, 7) is 1.04. The van der Waals surface area contributed by atoms with Gasteiger partial charge in [-0.05, 0) is 48.0 Å². The van der Waals surface area contributed by atoms with E-state index in [4.69, 9.17) is 4.74 Å². The number of hydrogen-bond donors (Lipinski definition) is 1. The summed E-state index contributed by atoms with van der Waals surface area (Å²) in [6, 6.07) is 14.6. The molecule has 2 aromatic rings. The minimum Gasteiger partial charge on any atom is -0.497 e. The maximum Gasteiger partial charge on any atom is 0.251 e. The van der Waals surface area contributed by atoms with E-state index < -0.39 is 0 Å². The number of carbonyl (C=O) groups excluding carboxylic acids is 2. The number of nitrogens with one attached hydrogen (secondary N) is 1. The molecule has 0 saturated carbocycles. The number of likely N-dealkylation sites (tertiary alicyclic amines) is 1. The van der Waals surface area contributed by atoms with E-state index in [0.717, 1.165) is 10.0 Å². The van der Waals surface area contributed by atoms with E-state index in [9.17, 15) is 9.59 Å². The lowest BCUT2D eigenvalue weighted by Gasteiger charge is -2.39. The van der Waals surface area contributed by atoms with Crippen LogP contribution in [-0.4, -0.2) is 43.0 Å². The van der Waals surface area contributed by atoms with Gasteiger partial charge in [-0.25, -0.2) is 0 Å². The van der Waals surface area contributed by atoms with Crippen LogP contribution in [0.15, 0.2) is 59.1 Å². The van der Waals surface area contributed by atoms with Crippen LogP contribution in [-0.2, 0) is 4.79 Å². The molecule has 26 heavy (non-hydrogen) atoms. The van der Waals surface area contributed by atoms with E-state index >= 15 is 0 Å². The van der Waals surface area contributed by atoms with E-state index in [0.29, 0.717) is 24.4 Å². The fourth-order valence-corrected chi connectivity index (χ4v) is 2.87. The first-order chi connectivity index (χ1) is 12.5. The summed E-state index contributed by atoms with van der Waals surface area (Å²) >= 11 is 3.38. The molecule has 3 rings (SSSR count). The molecule has 0 aliphatic carbocycles. The Morgan fingerprint density at radius 3 is 2.38 bits per heavy atom. The molecule has 1 aliphatic rings. The highest BCUT2D eigenvalue weighted by Crippen LogP contribution is 2.15. The molecule has 1 heterocycles. The fraction of sp³-hybridized carbons (Fsp3) is 0.200. The third kappa shape index (κ3) is 4.52. The van der Waals surface area contributed by atoms with E-state index in [1.807, 2.05) is 24.3 Å². The van der Waals surface area contributed by atoms with E-state index in [2.05, 4.69) is 21.2 Å². The highest BCUT2D eigenvalue weighted by atomic mass is 79.9. The monoisotopic (exact) mass is 414 g/mol. The number of halogens is 1. The van der Waals surface area contributed by atoms with Gasteiger partial charge in [-0.2, -0.15) is 0 Å². The Morgan fingerprint density at radius 1 is 1.12 bits per heavy atom. The molecule has 0 unspecified atom stereocenters. The quantitative estimate of drug-likeness (QED) is 0.764. The van der Waals surface area contributed by atoms with Crippen LogP contribution in [0.25, 0.3) is 6.08 Å². The van der Waals surface area contributed by atoms with Crippen molar-refractivity contribution in [3.8, 4) is 5.75 Å². The minimum atomic E-state index is -0.143. The second kappa shape index (κ2) is 8.19. The second-order valence-corrected chi connectivity index (χ2v) is 6.94. The van der Waals surface area contributed by atoms with Gasteiger partial charge in [0.05, 0.1) is 13.2 Å². The first-order valence-corrected chi connectivity index (χ1v) is 9.02. The van der Waals surface area contributed by atoms with Gasteiger partial charge in [-0.1, -0.05) is 28.1 Å². The molecule has 134 valence electrons. The van der Waals surface area contributed by atoms with Gasteiger partial charge in [0.25, 0.3) is 5.91 Å². The van der Waals surface area contributed by atoms with Crippen LogP contribution in [0.2, 0.25) is 0 Å². The predicted octanol–water partition coefficient (Wildman–Crippen LogP) is 3.11. The van der Waals surface area contributed by atoms with Crippen LogP contribution in [0.4, 0.5) is 0 Å². The van der Waals surface area contributed by atoms with Crippen molar-refractivity contribution < 1.29 is 14.3 Å². The first-order valence-electron chi connectivity index (χ1n) is 8.22. The van der Waals surface area contributed by atoms with Gasteiger partial charge in [-0.15, -0.1) is 0 Å². The largest absolute Gasteiger partial charge is 0.497 e. The SMILES string of the molecule is COc1ccc(C(=O)NC2CN(C(=O)/C=C/c3ccc(Br)cc3)C2)cc1. The van der Waals surface area contributed by atoms with Crippen molar-refractivity contribution in [1.82, 2.24) is 10.2 Å². The van der Waals surface area contributed by atoms with Crippen LogP contribution < -0.4 is 10.1 Å². The fourth-order valence-electron chi connectivity index (χ4n) is 2.61. The predicted molar refractivity (Wildman–Crippen MR) is 104 cm³/mol. The number of rotatable bonds is 5. The number of benzene rings is 2. The van der Waals surface area contributed by atoms with Crippen molar-refractivity contribution in [1.29, 1.82) is 0 Å². The van der Waals surface area contributed by atoms with Crippen LogP contribution in [0.3, 0.4) is 0 Å². The van der Waals surface area contributed by atoms with Gasteiger partial charge in [0.1, 0.15) is 5.75 Å². The molecule has 5 nitrogen and oxygen atoms in total. The second-order valence-electron chi connectivity index (χ2n) is 6.03. The maximum atomic E-state index is 12.2. The van der Waals surface area contributed by atoms with Crippen molar-refractivity contribution >= 4 is 33.8 Å². The zero-order valence-corrected chi connectivity index (χ0v) is 15.9. The summed E-state index contributed by atoms with van der Waals surface area (Å²) < 4.78 is 6.08. The zero-order chi connectivity index (χ0) is 18.5. The molecular weight excluding hydrogens is 396 g/mol. The molecule has 0 spiro atoms. The Morgan fingerprint density at radius 2 is 1.77 bits per heavy atom. The number of carbonyl (C=O) groups is 2. The van der Waals surface area contributed by atoms with Gasteiger partial charge in [0, 0.05) is 29.2 Å². The summed E-state index contributed by atoms with van der Waals surface area (Å²) in [5.74, 6) is 0.512. The first kappa shape index (κ1) is 18.2. The average Bonchev–Trinajstić information content (AvgIpc) is 2.63. The van der Waals surface area contributed by atoms with Crippen LogP contribution >= 0.6 is 15.9 Å². The van der Waals surface area contributed by atoms with E-state index in [-0.39, 0.29) is 17.9 Å². The van der Waals surface area contributed by atoms with Gasteiger partial charge in [-0.3, -0.25) is 9.59 Å². The Kier molecular flexibility index (Phi) is 5.73. The van der Waals surface area contributed by atoms with Crippen molar-refractivity contribution in [3.05, 3.63) is 70.2 Å². The third-order valence-corrected chi connectivity index (χ3v) is 4.70. The Bertz CT molecular complexity index is 810. The number of amides is 2. The maximum absolute atomic E-state index is 12.2. The van der Waals surface area contributed by atoms with Crippen molar-refractivity contribution in [2.45, 2.75) is 6.04 Å². The number of ether oxygens (including phenoxy) is 1. The molecule has 1 saturated heterocycles. The molecule has 6 heteroatoms. The van der Waals surface area contributed by atoms with Crippen molar-refractivity contribution in [2.75, 3.05) is 20.2 Å². The highest BCUT2D eigenvalue weighted by molar-refractivity contribution is 9.10. The van der Waals surface area contributed by atoms with Gasteiger partial charge in [0.2, 0.25) is 5.91 Å². The lowest BCUT2D eigenvalue weighted by Crippen LogP contribution is -2.60. The molecule has 0 bridgehead atoms. The van der Waals surface area contributed by atoms with Crippen molar-refractivity contribution in [2.24, 2.45) is 0 Å². The minimum absolute atomic E-state index is 0.0189. The molecule has 0 aromatic heterocycles. The lowest BCUT2D eigenvalue weighted by molar-refractivity contribution is -0.130. The van der Waals surface area contributed by atoms with Gasteiger partial charge in [0.15, 0.2) is 0 Å². The van der Waals surface area contributed by atoms with E-state index in [1.54, 1.807) is 48.4 Å². The van der Waals surface area contributed by atoms with Crippen LogP contribution in [0.5, 0.6) is 5.75 Å². The highest BCUT2D eigenvalue weighted by Gasteiger charge is 2.30. The third-order valence-electron chi connectivity index (χ3n) is 4.17. The summed E-state index contributed by atoms with van der Waals surface area (Å²) in [5.41, 5.74) is 1.54. The summed E-state index contributed by atoms with van der Waals surface area (Å²) in [5, 5.41) is 2.93. The van der Waals surface area contributed by atoms with Crippen molar-refractivity contribution in [3.63, 3.8) is 0 Å².